The lowest BCUT2D eigenvalue weighted by atomic mass is 9.97. The number of hydrogen-bond donors (Lipinski definition) is 8. The van der Waals surface area contributed by atoms with Crippen molar-refractivity contribution in [2.75, 3.05) is 0 Å². The van der Waals surface area contributed by atoms with Crippen LogP contribution in [0.2, 0.25) is 0 Å². The van der Waals surface area contributed by atoms with Crippen LogP contribution >= 0.6 is 0 Å². The Morgan fingerprint density at radius 2 is 1.35 bits per heavy atom. The highest BCUT2D eigenvalue weighted by Gasteiger charge is 2.27. The summed E-state index contributed by atoms with van der Waals surface area (Å²) >= 11 is 0. The van der Waals surface area contributed by atoms with E-state index in [2.05, 4.69) is 0 Å². The Kier molecular flexibility index (Phi) is 9.11. The number of carboxylic acid groups (broad SMARTS) is 4. The van der Waals surface area contributed by atoms with E-state index < -0.39 is 52.3 Å². The minimum atomic E-state index is -2.40. The van der Waals surface area contributed by atoms with Gasteiger partial charge in [0.2, 0.25) is 0 Å². The molecule has 0 heterocycles. The molecule has 0 aromatic heterocycles. The maximum absolute atomic E-state index is 11.0. The number of aliphatic hydroxyl groups is 2. The molecular formula is C22H24O12. The summed E-state index contributed by atoms with van der Waals surface area (Å²) < 4.78 is 0. The fourth-order valence-corrected chi connectivity index (χ4v) is 2.93. The van der Waals surface area contributed by atoms with E-state index >= 15 is 0 Å². The van der Waals surface area contributed by atoms with E-state index in [0.29, 0.717) is 12.8 Å². The third-order valence-electron chi connectivity index (χ3n) is 4.61. The Balaban J connectivity index is 0.000000342. The number of aryl methyl sites for hydroxylation is 1. The fraction of sp³-hybridized carbons (Fsp3) is 0.273. The zero-order chi connectivity index (χ0) is 26.4. The molecule has 2 aromatic carbocycles. The number of hydrogen-bond acceptors (Lipinski definition) is 8. The van der Waals surface area contributed by atoms with E-state index in [1.807, 2.05) is 6.92 Å². The van der Waals surface area contributed by atoms with Gasteiger partial charge in [-0.2, -0.15) is 0 Å². The SMILES string of the molecule is CC(O)(O)c1cc(C(=O)O)ccc1C(=O)O.CCCCc1cc(C(=O)O)c(O)c(O)c1C(=O)O. The molecule has 0 saturated heterocycles. The van der Waals surface area contributed by atoms with Crippen molar-refractivity contribution in [1.29, 1.82) is 0 Å². The number of carboxylic acids is 4. The van der Waals surface area contributed by atoms with Gasteiger partial charge in [0.1, 0.15) is 11.1 Å². The summed E-state index contributed by atoms with van der Waals surface area (Å²) in [6.45, 7) is 2.86. The van der Waals surface area contributed by atoms with E-state index in [-0.39, 0.29) is 22.3 Å². The average Bonchev–Trinajstić information content (AvgIpc) is 2.73. The van der Waals surface area contributed by atoms with Gasteiger partial charge in [-0.3, -0.25) is 0 Å². The van der Waals surface area contributed by atoms with Gasteiger partial charge in [0.15, 0.2) is 17.3 Å². The van der Waals surface area contributed by atoms with E-state index in [4.69, 9.17) is 20.4 Å². The van der Waals surface area contributed by atoms with Crippen molar-refractivity contribution >= 4 is 23.9 Å². The number of aromatic carboxylic acids is 4. The molecule has 12 nitrogen and oxygen atoms in total. The van der Waals surface area contributed by atoms with Crippen LogP contribution in [-0.2, 0) is 12.2 Å². The lowest BCUT2D eigenvalue weighted by Gasteiger charge is -2.18. The molecule has 34 heavy (non-hydrogen) atoms. The van der Waals surface area contributed by atoms with Crippen molar-refractivity contribution < 1.29 is 60.0 Å². The highest BCUT2D eigenvalue weighted by atomic mass is 16.5. The Bertz CT molecular complexity index is 1110. The van der Waals surface area contributed by atoms with E-state index in [1.165, 1.54) is 0 Å². The molecule has 0 fully saturated rings. The maximum atomic E-state index is 11.0. The smallest absolute Gasteiger partial charge is 0.339 e. The minimum absolute atomic E-state index is 0.206. The van der Waals surface area contributed by atoms with Crippen LogP contribution in [-0.4, -0.2) is 64.7 Å². The minimum Gasteiger partial charge on any atom is -0.504 e. The molecule has 0 bridgehead atoms. The Morgan fingerprint density at radius 3 is 1.76 bits per heavy atom. The van der Waals surface area contributed by atoms with Crippen LogP contribution in [0.4, 0.5) is 0 Å². The number of phenols is 2. The zero-order valence-corrected chi connectivity index (χ0v) is 18.1. The quantitative estimate of drug-likeness (QED) is 0.200. The number of benzene rings is 2. The van der Waals surface area contributed by atoms with E-state index in [1.54, 1.807) is 0 Å². The summed E-state index contributed by atoms with van der Waals surface area (Å²) in [5, 5.41) is 73.0. The van der Waals surface area contributed by atoms with Gasteiger partial charge in [-0.25, -0.2) is 19.2 Å². The van der Waals surface area contributed by atoms with Crippen LogP contribution in [0.25, 0.3) is 0 Å². The molecular weight excluding hydrogens is 456 g/mol. The monoisotopic (exact) mass is 480 g/mol. The Morgan fingerprint density at radius 1 is 0.794 bits per heavy atom. The second-order valence-corrected chi connectivity index (χ2v) is 7.26. The summed E-state index contributed by atoms with van der Waals surface area (Å²) in [5.41, 5.74) is -1.65. The maximum Gasteiger partial charge on any atom is 0.339 e. The molecule has 184 valence electrons. The van der Waals surface area contributed by atoms with Gasteiger partial charge < -0.3 is 40.9 Å². The molecule has 0 spiro atoms. The zero-order valence-electron chi connectivity index (χ0n) is 18.1. The molecule has 0 saturated carbocycles. The van der Waals surface area contributed by atoms with Crippen LogP contribution in [0.1, 0.15) is 79.2 Å². The van der Waals surface area contributed by atoms with Crippen molar-refractivity contribution in [3.8, 4) is 11.5 Å². The molecule has 2 rings (SSSR count). The van der Waals surface area contributed by atoms with E-state index in [0.717, 1.165) is 37.6 Å². The molecule has 0 radical (unpaired) electrons. The molecule has 0 atom stereocenters. The topological polar surface area (TPSA) is 230 Å². The number of carbonyl (C=O) groups is 4. The van der Waals surface area contributed by atoms with E-state index in [9.17, 15) is 39.6 Å². The largest absolute Gasteiger partial charge is 0.504 e. The van der Waals surface area contributed by atoms with Crippen LogP contribution < -0.4 is 0 Å². The third-order valence-corrected chi connectivity index (χ3v) is 4.61. The Labute approximate surface area is 192 Å². The van der Waals surface area contributed by atoms with Gasteiger partial charge in [-0.05, 0) is 49.6 Å². The number of rotatable bonds is 8. The van der Waals surface area contributed by atoms with Crippen molar-refractivity contribution in [3.05, 3.63) is 57.6 Å². The summed E-state index contributed by atoms with van der Waals surface area (Å²) in [7, 11) is 0. The first kappa shape index (κ1) is 27.9. The van der Waals surface area contributed by atoms with Gasteiger partial charge >= 0.3 is 23.9 Å². The van der Waals surface area contributed by atoms with Crippen LogP contribution in [0, 0.1) is 0 Å². The van der Waals surface area contributed by atoms with Crippen molar-refractivity contribution in [3.63, 3.8) is 0 Å². The van der Waals surface area contributed by atoms with Crippen LogP contribution in [0.5, 0.6) is 11.5 Å². The molecule has 0 aliphatic rings. The number of aromatic hydroxyl groups is 2. The molecule has 2 aromatic rings. The van der Waals surface area contributed by atoms with Gasteiger partial charge in [-0.15, -0.1) is 0 Å². The van der Waals surface area contributed by atoms with Gasteiger partial charge in [0.25, 0.3) is 0 Å². The summed E-state index contributed by atoms with van der Waals surface area (Å²) in [5.74, 6) is -9.67. The predicted octanol–water partition coefficient (Wildman–Crippen LogP) is 2.08. The van der Waals surface area contributed by atoms with Crippen molar-refractivity contribution in [1.82, 2.24) is 0 Å². The average molecular weight is 480 g/mol. The lowest BCUT2D eigenvalue weighted by molar-refractivity contribution is -0.153. The highest BCUT2D eigenvalue weighted by molar-refractivity contribution is 5.99. The van der Waals surface area contributed by atoms with Crippen molar-refractivity contribution in [2.24, 2.45) is 0 Å². The first-order valence-electron chi connectivity index (χ1n) is 9.73. The lowest BCUT2D eigenvalue weighted by Crippen LogP contribution is -2.24. The first-order chi connectivity index (χ1) is 15.6. The van der Waals surface area contributed by atoms with Gasteiger partial charge in [0.05, 0.1) is 11.1 Å². The third kappa shape index (κ3) is 6.67. The predicted molar refractivity (Wildman–Crippen MR) is 114 cm³/mol. The summed E-state index contributed by atoms with van der Waals surface area (Å²) in [6, 6.07) is 4.12. The second-order valence-electron chi connectivity index (χ2n) is 7.26. The standard InChI is InChI=1S/C12H14O6.C10H10O6/c1-2-3-4-6-5-7(11(15)16)9(13)10(14)8(6)12(17)18;1-10(15,16)7-4-5(8(11)12)2-3-6(7)9(13)14/h5,13-14H,2-4H2,1H3,(H,15,16)(H,17,18);2-4,15-16H,1H3,(H,11,12)(H,13,14). The second kappa shape index (κ2) is 11.1. The highest BCUT2D eigenvalue weighted by Crippen LogP contribution is 2.36. The molecule has 0 unspecified atom stereocenters. The molecule has 0 aliphatic heterocycles. The molecule has 8 N–H and O–H groups in total. The van der Waals surface area contributed by atoms with Gasteiger partial charge in [-0.1, -0.05) is 13.3 Å². The molecule has 12 heteroatoms. The van der Waals surface area contributed by atoms with Gasteiger partial charge in [0, 0.05) is 5.56 Å². The summed E-state index contributed by atoms with van der Waals surface area (Å²) in [6.07, 6.45) is 1.78. The first-order valence-corrected chi connectivity index (χ1v) is 9.73. The molecule has 0 aliphatic carbocycles. The van der Waals surface area contributed by atoms with Crippen LogP contribution in [0.15, 0.2) is 24.3 Å². The normalized spacial score (nSPS) is 10.7. The van der Waals surface area contributed by atoms with Crippen molar-refractivity contribution in [2.45, 2.75) is 38.9 Å². The Hall–Kier alpha value is -4.16. The fourth-order valence-electron chi connectivity index (χ4n) is 2.93. The summed E-state index contributed by atoms with van der Waals surface area (Å²) in [4.78, 5) is 43.3. The molecule has 0 amide bonds. The number of unbranched alkanes of at least 4 members (excludes halogenated alkanes) is 1. The van der Waals surface area contributed by atoms with Crippen LogP contribution in [0.3, 0.4) is 0 Å².